The first-order valence-corrected chi connectivity index (χ1v) is 12.9. The van der Waals surface area contributed by atoms with Crippen LogP contribution in [0.4, 0.5) is 10.5 Å². The number of alkyl carbamates (subject to hydrolysis) is 1. The van der Waals surface area contributed by atoms with Gasteiger partial charge >= 0.3 is 6.09 Å². The van der Waals surface area contributed by atoms with Crippen molar-refractivity contribution in [3.8, 4) is 18.1 Å². The fourth-order valence-corrected chi connectivity index (χ4v) is 3.79. The maximum Gasteiger partial charge on any atom is 0.408 e. The molecule has 38 heavy (non-hydrogen) atoms. The highest BCUT2D eigenvalue weighted by molar-refractivity contribution is 5.98. The lowest BCUT2D eigenvalue weighted by Crippen LogP contribution is -2.47. The number of amides is 3. The van der Waals surface area contributed by atoms with E-state index in [1.165, 1.54) is 4.90 Å². The molecule has 0 radical (unpaired) electrons. The minimum absolute atomic E-state index is 0.308. The largest absolute Gasteiger partial charge is 0.497 e. The maximum atomic E-state index is 13.7. The number of carbonyl (C=O) groups excluding carboxylic acids is 3. The highest BCUT2D eigenvalue weighted by atomic mass is 16.6. The Bertz CT molecular complexity index is 1100. The van der Waals surface area contributed by atoms with Gasteiger partial charge in [-0.05, 0) is 69.2 Å². The van der Waals surface area contributed by atoms with E-state index in [-0.39, 0.29) is 12.5 Å². The standard InChI is InChI=1S/C30H39N3O5/c1-7-9-10-11-20-33(26(34)21-31-29(36)38-30(3,4)5)27(23-14-12-22(8-2)13-15-23)28(35)32-24-16-18-25(37-6)19-17-24/h2,12-19,27H,7,9-11,20-21H2,1,3-6H3,(H,31,36)(H,32,35). The molecule has 2 aromatic rings. The summed E-state index contributed by atoms with van der Waals surface area (Å²) in [7, 11) is 1.57. The SMILES string of the molecule is C#Cc1ccc(C(C(=O)Nc2ccc(OC)cc2)N(CCCCCC)C(=O)CNC(=O)OC(C)(C)C)cc1. The number of benzene rings is 2. The Kier molecular flexibility index (Phi) is 11.7. The topological polar surface area (TPSA) is 97.0 Å². The molecule has 0 aliphatic rings. The molecule has 2 N–H and O–H groups in total. The third-order valence-corrected chi connectivity index (χ3v) is 5.67. The second-order valence-corrected chi connectivity index (χ2v) is 9.89. The van der Waals surface area contributed by atoms with Gasteiger partial charge in [0.15, 0.2) is 0 Å². The van der Waals surface area contributed by atoms with Crippen LogP contribution < -0.4 is 15.4 Å². The Hall–Kier alpha value is -3.99. The zero-order chi connectivity index (χ0) is 28.1. The molecule has 0 heterocycles. The van der Waals surface area contributed by atoms with E-state index < -0.39 is 23.6 Å². The van der Waals surface area contributed by atoms with Crippen LogP contribution in [0.15, 0.2) is 48.5 Å². The summed E-state index contributed by atoms with van der Waals surface area (Å²) in [5, 5.41) is 5.43. The van der Waals surface area contributed by atoms with Crippen LogP contribution in [0.3, 0.4) is 0 Å². The summed E-state index contributed by atoms with van der Waals surface area (Å²) < 4.78 is 10.5. The normalized spacial score (nSPS) is 11.6. The predicted molar refractivity (Wildman–Crippen MR) is 149 cm³/mol. The minimum Gasteiger partial charge on any atom is -0.497 e. The summed E-state index contributed by atoms with van der Waals surface area (Å²) in [5.41, 5.74) is 1.13. The average Bonchev–Trinajstić information content (AvgIpc) is 2.88. The molecule has 0 fully saturated rings. The van der Waals surface area contributed by atoms with Gasteiger partial charge in [-0.25, -0.2) is 4.79 Å². The third-order valence-electron chi connectivity index (χ3n) is 5.67. The summed E-state index contributed by atoms with van der Waals surface area (Å²) in [4.78, 5) is 40.9. The first-order chi connectivity index (χ1) is 18.1. The molecule has 0 saturated carbocycles. The van der Waals surface area contributed by atoms with Crippen LogP contribution in [0.25, 0.3) is 0 Å². The van der Waals surface area contributed by atoms with Gasteiger partial charge in [-0.3, -0.25) is 9.59 Å². The first kappa shape index (κ1) is 30.2. The smallest absolute Gasteiger partial charge is 0.408 e. The van der Waals surface area contributed by atoms with Crippen LogP contribution in [0.5, 0.6) is 5.75 Å². The number of terminal acetylenes is 1. The van der Waals surface area contributed by atoms with Crippen LogP contribution in [-0.4, -0.2) is 48.6 Å². The number of ether oxygens (including phenoxy) is 2. The molecule has 8 nitrogen and oxygen atoms in total. The molecule has 0 spiro atoms. The maximum absolute atomic E-state index is 13.7. The van der Waals surface area contributed by atoms with E-state index in [1.54, 1.807) is 76.4 Å². The Morgan fingerprint density at radius 1 is 1.00 bits per heavy atom. The Morgan fingerprint density at radius 2 is 1.66 bits per heavy atom. The van der Waals surface area contributed by atoms with Gasteiger partial charge in [0.05, 0.1) is 7.11 Å². The summed E-state index contributed by atoms with van der Waals surface area (Å²) in [6.07, 6.45) is 8.48. The number of nitrogens with one attached hydrogen (secondary N) is 2. The summed E-state index contributed by atoms with van der Waals surface area (Å²) in [6.45, 7) is 7.37. The molecule has 0 bridgehead atoms. The molecular formula is C30H39N3O5. The van der Waals surface area contributed by atoms with E-state index in [0.29, 0.717) is 35.5 Å². The number of carbonyl (C=O) groups is 3. The number of methoxy groups -OCH3 is 1. The van der Waals surface area contributed by atoms with Gasteiger partial charge < -0.3 is 25.0 Å². The van der Waals surface area contributed by atoms with Crippen molar-refractivity contribution < 1.29 is 23.9 Å². The van der Waals surface area contributed by atoms with Crippen molar-refractivity contribution in [2.45, 2.75) is 65.0 Å². The van der Waals surface area contributed by atoms with E-state index in [4.69, 9.17) is 15.9 Å². The second kappa shape index (κ2) is 14.7. The van der Waals surface area contributed by atoms with Crippen molar-refractivity contribution in [1.29, 1.82) is 0 Å². The zero-order valence-corrected chi connectivity index (χ0v) is 23.0. The quantitative estimate of drug-likeness (QED) is 0.292. The van der Waals surface area contributed by atoms with Crippen molar-refractivity contribution in [1.82, 2.24) is 10.2 Å². The molecule has 2 rings (SSSR count). The van der Waals surface area contributed by atoms with E-state index in [9.17, 15) is 14.4 Å². The molecule has 0 aliphatic carbocycles. The van der Waals surface area contributed by atoms with E-state index >= 15 is 0 Å². The number of anilines is 1. The molecule has 0 saturated heterocycles. The lowest BCUT2D eigenvalue weighted by atomic mass is 10.0. The summed E-state index contributed by atoms with van der Waals surface area (Å²) >= 11 is 0. The van der Waals surface area contributed by atoms with Crippen LogP contribution in [-0.2, 0) is 14.3 Å². The molecule has 0 aromatic heterocycles. The summed E-state index contributed by atoms with van der Waals surface area (Å²) in [5.74, 6) is 2.44. The highest BCUT2D eigenvalue weighted by Gasteiger charge is 2.32. The van der Waals surface area contributed by atoms with Crippen LogP contribution in [0.1, 0.15) is 70.5 Å². The van der Waals surface area contributed by atoms with Crippen LogP contribution >= 0.6 is 0 Å². The highest BCUT2D eigenvalue weighted by Crippen LogP contribution is 2.25. The zero-order valence-electron chi connectivity index (χ0n) is 23.0. The molecule has 204 valence electrons. The van der Waals surface area contributed by atoms with Gasteiger partial charge in [-0.1, -0.05) is 44.2 Å². The van der Waals surface area contributed by atoms with Crippen molar-refractivity contribution in [2.75, 3.05) is 25.5 Å². The fourth-order valence-electron chi connectivity index (χ4n) is 3.79. The molecular weight excluding hydrogens is 482 g/mol. The van der Waals surface area contributed by atoms with Gasteiger partial charge in [0.1, 0.15) is 23.9 Å². The molecule has 3 amide bonds. The first-order valence-electron chi connectivity index (χ1n) is 12.9. The van der Waals surface area contributed by atoms with Crippen LogP contribution in [0.2, 0.25) is 0 Å². The van der Waals surface area contributed by atoms with Gasteiger partial charge in [0, 0.05) is 17.8 Å². The van der Waals surface area contributed by atoms with Gasteiger partial charge in [-0.15, -0.1) is 6.42 Å². The molecule has 8 heteroatoms. The van der Waals surface area contributed by atoms with Crippen molar-refractivity contribution in [3.05, 3.63) is 59.7 Å². The number of hydrogen-bond acceptors (Lipinski definition) is 5. The van der Waals surface area contributed by atoms with Crippen molar-refractivity contribution in [2.24, 2.45) is 0 Å². The molecule has 2 aromatic carbocycles. The van der Waals surface area contributed by atoms with Gasteiger partial charge in [0.2, 0.25) is 5.91 Å². The van der Waals surface area contributed by atoms with E-state index in [2.05, 4.69) is 23.5 Å². The number of unbranched alkanes of at least 4 members (excludes halogenated alkanes) is 3. The van der Waals surface area contributed by atoms with Gasteiger partial charge in [-0.2, -0.15) is 0 Å². The lowest BCUT2D eigenvalue weighted by Gasteiger charge is -2.32. The minimum atomic E-state index is -0.946. The van der Waals surface area contributed by atoms with Gasteiger partial charge in [0.25, 0.3) is 5.91 Å². The van der Waals surface area contributed by atoms with E-state index in [1.807, 2.05) is 0 Å². The fraction of sp³-hybridized carbons (Fsp3) is 0.433. The monoisotopic (exact) mass is 521 g/mol. The summed E-state index contributed by atoms with van der Waals surface area (Å²) in [6, 6.07) is 13.0. The van der Waals surface area contributed by atoms with Crippen molar-refractivity contribution in [3.63, 3.8) is 0 Å². The number of hydrogen-bond donors (Lipinski definition) is 2. The second-order valence-electron chi connectivity index (χ2n) is 9.89. The Labute approximate surface area is 226 Å². The van der Waals surface area contributed by atoms with Crippen molar-refractivity contribution >= 4 is 23.6 Å². The van der Waals surface area contributed by atoms with E-state index in [0.717, 1.165) is 19.3 Å². The Balaban J connectivity index is 2.37. The number of nitrogens with zero attached hydrogens (tertiary/aromatic N) is 1. The third kappa shape index (κ3) is 9.81. The predicted octanol–water partition coefficient (Wildman–Crippen LogP) is 5.29. The van der Waals surface area contributed by atoms with Crippen LogP contribution in [0, 0.1) is 12.3 Å². The Morgan fingerprint density at radius 3 is 2.21 bits per heavy atom. The molecule has 1 unspecified atom stereocenters. The molecule has 0 aliphatic heterocycles. The number of rotatable bonds is 12. The molecule has 1 atom stereocenters. The average molecular weight is 522 g/mol. The lowest BCUT2D eigenvalue weighted by molar-refractivity contribution is -0.138.